The predicted molar refractivity (Wildman–Crippen MR) is 92.3 cm³/mol. The molecule has 0 aromatic heterocycles. The van der Waals surface area contributed by atoms with Crippen LogP contribution in [0.15, 0.2) is 30.3 Å². The standard InChI is InChI=1S/C20H26N2O2/c23-19(10-9-15-5-2-1-3-6-15)21-12-16-11-17(14-21)18-7-4-8-20(24)22(18)13-16/h1-3,5-6,16-18H,4,7-14H2/t16?,17?,18-/m1/s1. The minimum Gasteiger partial charge on any atom is -0.342 e. The summed E-state index contributed by atoms with van der Waals surface area (Å²) in [4.78, 5) is 29.1. The van der Waals surface area contributed by atoms with Gasteiger partial charge in [-0.25, -0.2) is 0 Å². The van der Waals surface area contributed by atoms with Gasteiger partial charge in [-0.15, -0.1) is 0 Å². The molecule has 0 saturated carbocycles. The average Bonchev–Trinajstić information content (AvgIpc) is 2.61. The zero-order valence-electron chi connectivity index (χ0n) is 14.2. The first kappa shape index (κ1) is 15.7. The lowest BCUT2D eigenvalue weighted by Crippen LogP contribution is -2.61. The fraction of sp³-hybridized carbons (Fsp3) is 0.600. The van der Waals surface area contributed by atoms with Crippen LogP contribution in [0.25, 0.3) is 0 Å². The number of nitrogens with zero attached hydrogens (tertiary/aromatic N) is 2. The van der Waals surface area contributed by atoms with Crippen LogP contribution in [0.1, 0.15) is 37.7 Å². The van der Waals surface area contributed by atoms with E-state index in [-0.39, 0.29) is 5.91 Å². The third-order valence-corrected chi connectivity index (χ3v) is 6.00. The molecule has 4 nitrogen and oxygen atoms in total. The van der Waals surface area contributed by atoms with E-state index < -0.39 is 0 Å². The second kappa shape index (κ2) is 6.58. The summed E-state index contributed by atoms with van der Waals surface area (Å²) in [6.07, 6.45) is 5.46. The molecule has 3 atom stereocenters. The number of hydrogen-bond acceptors (Lipinski definition) is 2. The van der Waals surface area contributed by atoms with Crippen LogP contribution < -0.4 is 0 Å². The fourth-order valence-electron chi connectivity index (χ4n) is 4.87. The number of aryl methyl sites for hydroxylation is 1. The number of amides is 2. The lowest BCUT2D eigenvalue weighted by atomic mass is 9.76. The molecule has 4 heteroatoms. The Hall–Kier alpha value is -1.84. The summed E-state index contributed by atoms with van der Waals surface area (Å²) in [7, 11) is 0. The van der Waals surface area contributed by atoms with Crippen LogP contribution in [-0.2, 0) is 16.0 Å². The smallest absolute Gasteiger partial charge is 0.222 e. The lowest BCUT2D eigenvalue weighted by molar-refractivity contribution is -0.148. The average molecular weight is 326 g/mol. The number of benzene rings is 1. The number of rotatable bonds is 3. The van der Waals surface area contributed by atoms with E-state index in [1.807, 2.05) is 18.2 Å². The number of piperidine rings is 3. The zero-order valence-corrected chi connectivity index (χ0v) is 14.2. The molecule has 3 aliphatic heterocycles. The van der Waals surface area contributed by atoms with Gasteiger partial charge in [-0.1, -0.05) is 30.3 Å². The van der Waals surface area contributed by atoms with E-state index in [2.05, 4.69) is 21.9 Å². The van der Waals surface area contributed by atoms with Crippen molar-refractivity contribution in [3.8, 4) is 0 Å². The predicted octanol–water partition coefficient (Wildman–Crippen LogP) is 2.48. The first-order valence-electron chi connectivity index (χ1n) is 9.32. The molecule has 128 valence electrons. The minimum absolute atomic E-state index is 0.282. The van der Waals surface area contributed by atoms with Crippen LogP contribution in [0.5, 0.6) is 0 Å². The molecule has 0 N–H and O–H groups in total. The van der Waals surface area contributed by atoms with Crippen molar-refractivity contribution in [2.24, 2.45) is 11.8 Å². The number of carbonyl (C=O) groups is 2. The summed E-state index contributed by atoms with van der Waals surface area (Å²) in [5.74, 6) is 1.58. The Bertz CT molecular complexity index is 615. The van der Waals surface area contributed by atoms with Crippen molar-refractivity contribution < 1.29 is 9.59 Å². The highest BCUT2D eigenvalue weighted by Gasteiger charge is 2.44. The van der Waals surface area contributed by atoms with Crippen molar-refractivity contribution in [3.63, 3.8) is 0 Å². The van der Waals surface area contributed by atoms with Crippen molar-refractivity contribution >= 4 is 11.8 Å². The van der Waals surface area contributed by atoms with Gasteiger partial charge in [0.15, 0.2) is 0 Å². The normalized spacial score (nSPS) is 29.3. The van der Waals surface area contributed by atoms with E-state index in [0.29, 0.717) is 30.2 Å². The van der Waals surface area contributed by atoms with Crippen molar-refractivity contribution in [3.05, 3.63) is 35.9 Å². The summed E-state index contributed by atoms with van der Waals surface area (Å²) < 4.78 is 0. The Kier molecular flexibility index (Phi) is 4.30. The fourth-order valence-corrected chi connectivity index (χ4v) is 4.87. The molecule has 24 heavy (non-hydrogen) atoms. The van der Waals surface area contributed by atoms with Crippen LogP contribution in [-0.4, -0.2) is 47.3 Å². The molecule has 1 aromatic carbocycles. The Balaban J connectivity index is 1.38. The molecule has 3 saturated heterocycles. The molecule has 2 unspecified atom stereocenters. The van der Waals surface area contributed by atoms with Gasteiger partial charge in [-0.3, -0.25) is 9.59 Å². The lowest BCUT2D eigenvalue weighted by Gasteiger charge is -2.52. The van der Waals surface area contributed by atoms with E-state index >= 15 is 0 Å². The van der Waals surface area contributed by atoms with Gasteiger partial charge in [0, 0.05) is 38.5 Å². The molecule has 1 aromatic rings. The third-order valence-electron chi connectivity index (χ3n) is 6.00. The van der Waals surface area contributed by atoms with Crippen molar-refractivity contribution in [1.29, 1.82) is 0 Å². The topological polar surface area (TPSA) is 40.6 Å². The maximum absolute atomic E-state index is 12.7. The molecule has 0 aliphatic carbocycles. The van der Waals surface area contributed by atoms with Gasteiger partial charge >= 0.3 is 0 Å². The van der Waals surface area contributed by atoms with Crippen LogP contribution >= 0.6 is 0 Å². The number of fused-ring (bicyclic) bond motifs is 4. The van der Waals surface area contributed by atoms with Gasteiger partial charge < -0.3 is 9.80 Å². The molecule has 0 spiro atoms. The van der Waals surface area contributed by atoms with Crippen LogP contribution in [0.4, 0.5) is 0 Å². The monoisotopic (exact) mass is 326 g/mol. The van der Waals surface area contributed by atoms with Gasteiger partial charge in [0.25, 0.3) is 0 Å². The van der Waals surface area contributed by atoms with E-state index in [1.165, 1.54) is 12.0 Å². The molecule has 2 amide bonds. The summed E-state index contributed by atoms with van der Waals surface area (Å²) in [6.45, 7) is 2.54. The highest BCUT2D eigenvalue weighted by Crippen LogP contribution is 2.38. The van der Waals surface area contributed by atoms with Gasteiger partial charge in [-0.05, 0) is 43.1 Å². The number of carbonyl (C=O) groups excluding carboxylic acids is 2. The molecule has 4 rings (SSSR count). The van der Waals surface area contributed by atoms with Crippen molar-refractivity contribution in [1.82, 2.24) is 9.80 Å². The number of likely N-dealkylation sites (tertiary alicyclic amines) is 1. The quantitative estimate of drug-likeness (QED) is 0.856. The first-order valence-corrected chi connectivity index (χ1v) is 9.32. The van der Waals surface area contributed by atoms with Gasteiger partial charge in [0.05, 0.1) is 0 Å². The maximum Gasteiger partial charge on any atom is 0.222 e. The summed E-state index contributed by atoms with van der Waals surface area (Å²) in [5, 5.41) is 0. The second-order valence-corrected chi connectivity index (χ2v) is 7.65. The molecule has 3 heterocycles. The van der Waals surface area contributed by atoms with Gasteiger partial charge in [0.2, 0.25) is 11.8 Å². The second-order valence-electron chi connectivity index (χ2n) is 7.65. The van der Waals surface area contributed by atoms with E-state index in [1.54, 1.807) is 0 Å². The molecule has 0 radical (unpaired) electrons. The van der Waals surface area contributed by atoms with Crippen LogP contribution in [0, 0.1) is 11.8 Å². The Morgan fingerprint density at radius 3 is 2.79 bits per heavy atom. The largest absolute Gasteiger partial charge is 0.342 e. The highest BCUT2D eigenvalue weighted by atomic mass is 16.2. The SMILES string of the molecule is O=C(CCc1ccccc1)N1CC2CC(C1)[C@H]1CCCC(=O)N1C2. The Morgan fingerprint density at radius 1 is 1.12 bits per heavy atom. The van der Waals surface area contributed by atoms with Crippen molar-refractivity contribution in [2.45, 2.75) is 44.6 Å². The molecule has 3 aliphatic rings. The summed E-state index contributed by atoms with van der Waals surface area (Å²) in [6, 6.07) is 10.6. The molecular formula is C20H26N2O2. The Labute approximate surface area is 143 Å². The highest BCUT2D eigenvalue weighted by molar-refractivity contribution is 5.78. The molecule has 2 bridgehead atoms. The molecular weight excluding hydrogens is 300 g/mol. The summed E-state index contributed by atoms with van der Waals surface area (Å²) in [5.41, 5.74) is 1.23. The van der Waals surface area contributed by atoms with Crippen LogP contribution in [0.2, 0.25) is 0 Å². The summed E-state index contributed by atoms with van der Waals surface area (Å²) >= 11 is 0. The minimum atomic E-state index is 0.282. The number of hydrogen-bond donors (Lipinski definition) is 0. The van der Waals surface area contributed by atoms with E-state index in [0.717, 1.165) is 45.3 Å². The maximum atomic E-state index is 12.7. The van der Waals surface area contributed by atoms with Crippen LogP contribution in [0.3, 0.4) is 0 Å². The van der Waals surface area contributed by atoms with E-state index in [9.17, 15) is 9.59 Å². The third kappa shape index (κ3) is 3.06. The van der Waals surface area contributed by atoms with Gasteiger partial charge in [0.1, 0.15) is 0 Å². The first-order chi connectivity index (χ1) is 11.7. The Morgan fingerprint density at radius 2 is 1.96 bits per heavy atom. The zero-order chi connectivity index (χ0) is 16.5. The van der Waals surface area contributed by atoms with Gasteiger partial charge in [-0.2, -0.15) is 0 Å². The van der Waals surface area contributed by atoms with Crippen molar-refractivity contribution in [2.75, 3.05) is 19.6 Å². The van der Waals surface area contributed by atoms with E-state index in [4.69, 9.17) is 0 Å². The molecule has 3 fully saturated rings.